The fourth-order valence-electron chi connectivity index (χ4n) is 1.25. The van der Waals surface area contributed by atoms with Crippen LogP contribution in [-0.4, -0.2) is 5.78 Å². The summed E-state index contributed by atoms with van der Waals surface area (Å²) in [7, 11) is 0. The van der Waals surface area contributed by atoms with Gasteiger partial charge in [0.2, 0.25) is 5.78 Å². The van der Waals surface area contributed by atoms with Gasteiger partial charge in [0.1, 0.15) is 0 Å². The minimum Gasteiger partial charge on any atom is -0.441 e. The van der Waals surface area contributed by atoms with E-state index in [4.69, 9.17) is 33.4 Å². The van der Waals surface area contributed by atoms with Crippen LogP contribution in [0.15, 0.2) is 34.7 Å². The molecule has 0 aliphatic heterocycles. The van der Waals surface area contributed by atoms with Crippen molar-refractivity contribution in [2.75, 3.05) is 5.73 Å². The molecule has 0 saturated carbocycles. The molecule has 0 bridgehead atoms. The van der Waals surface area contributed by atoms with Crippen molar-refractivity contribution in [1.29, 1.82) is 0 Å². The average molecular weight is 256 g/mol. The number of hydrogen-bond donors (Lipinski definition) is 1. The molecule has 0 aliphatic carbocycles. The van der Waals surface area contributed by atoms with Crippen LogP contribution in [0.3, 0.4) is 0 Å². The molecule has 0 unspecified atom stereocenters. The molecule has 0 radical (unpaired) electrons. The van der Waals surface area contributed by atoms with Crippen LogP contribution >= 0.6 is 23.2 Å². The molecule has 1 aromatic heterocycles. The van der Waals surface area contributed by atoms with Crippen LogP contribution in [0.25, 0.3) is 0 Å². The van der Waals surface area contributed by atoms with Crippen LogP contribution in [0.4, 0.5) is 5.69 Å². The molecule has 82 valence electrons. The van der Waals surface area contributed by atoms with E-state index in [1.54, 1.807) is 12.1 Å². The summed E-state index contributed by atoms with van der Waals surface area (Å²) in [5.41, 5.74) is 6.38. The monoisotopic (exact) mass is 255 g/mol. The van der Waals surface area contributed by atoms with Gasteiger partial charge in [0.05, 0.1) is 10.7 Å². The molecular weight excluding hydrogens is 249 g/mol. The van der Waals surface area contributed by atoms with E-state index in [1.807, 2.05) is 0 Å². The molecule has 2 rings (SSSR count). The fourth-order valence-corrected chi connectivity index (χ4v) is 1.57. The first-order valence-corrected chi connectivity index (χ1v) is 5.18. The Morgan fingerprint density at radius 2 is 1.94 bits per heavy atom. The molecule has 0 fully saturated rings. The topological polar surface area (TPSA) is 56.2 Å². The molecule has 1 aromatic carbocycles. The van der Waals surface area contributed by atoms with Crippen LogP contribution in [0, 0.1) is 0 Å². The Kier molecular flexibility index (Phi) is 2.90. The van der Waals surface area contributed by atoms with Gasteiger partial charge in [0.25, 0.3) is 0 Å². The first-order chi connectivity index (χ1) is 7.58. The first-order valence-electron chi connectivity index (χ1n) is 4.43. The highest BCUT2D eigenvalue weighted by Gasteiger charge is 2.14. The number of hydrogen-bond acceptors (Lipinski definition) is 3. The van der Waals surface area contributed by atoms with Crippen molar-refractivity contribution in [1.82, 2.24) is 0 Å². The van der Waals surface area contributed by atoms with Gasteiger partial charge >= 0.3 is 0 Å². The fraction of sp³-hybridized carbons (Fsp3) is 0. The van der Waals surface area contributed by atoms with Gasteiger partial charge in [-0.2, -0.15) is 0 Å². The van der Waals surface area contributed by atoms with Crippen molar-refractivity contribution in [3.05, 3.63) is 51.9 Å². The Morgan fingerprint density at radius 3 is 2.50 bits per heavy atom. The number of benzene rings is 1. The number of halogens is 2. The minimum absolute atomic E-state index is 0.171. The maximum atomic E-state index is 11.9. The Hall–Kier alpha value is -1.45. The lowest BCUT2D eigenvalue weighted by molar-refractivity contribution is 0.101. The Balaban J connectivity index is 2.38. The van der Waals surface area contributed by atoms with Gasteiger partial charge in [0.15, 0.2) is 11.0 Å². The van der Waals surface area contributed by atoms with E-state index in [9.17, 15) is 4.79 Å². The maximum Gasteiger partial charge on any atom is 0.228 e. The summed E-state index contributed by atoms with van der Waals surface area (Å²) in [6.45, 7) is 0. The van der Waals surface area contributed by atoms with Crippen molar-refractivity contribution in [3.8, 4) is 0 Å². The Morgan fingerprint density at radius 1 is 1.19 bits per heavy atom. The van der Waals surface area contributed by atoms with E-state index in [0.717, 1.165) is 0 Å². The Labute approximate surface area is 102 Å². The summed E-state index contributed by atoms with van der Waals surface area (Å²) >= 11 is 11.4. The summed E-state index contributed by atoms with van der Waals surface area (Å²) in [5, 5.41) is 0.508. The maximum absolute atomic E-state index is 11.9. The molecule has 2 aromatic rings. The van der Waals surface area contributed by atoms with Crippen molar-refractivity contribution >= 4 is 34.7 Å². The molecule has 1 heterocycles. The summed E-state index contributed by atoms with van der Waals surface area (Å²) in [4.78, 5) is 11.9. The minimum atomic E-state index is -0.284. The van der Waals surface area contributed by atoms with Gasteiger partial charge in [-0.3, -0.25) is 4.79 Å². The molecule has 5 heteroatoms. The van der Waals surface area contributed by atoms with Crippen LogP contribution in [0.5, 0.6) is 0 Å². The molecular formula is C11H7Cl2NO2. The van der Waals surface area contributed by atoms with E-state index >= 15 is 0 Å². The molecule has 3 nitrogen and oxygen atoms in total. The van der Waals surface area contributed by atoms with Crippen molar-refractivity contribution in [3.63, 3.8) is 0 Å². The van der Waals surface area contributed by atoms with Gasteiger partial charge in [-0.05, 0) is 41.9 Å². The highest BCUT2D eigenvalue weighted by Crippen LogP contribution is 2.22. The normalized spacial score (nSPS) is 10.4. The number of carbonyl (C=O) groups is 1. The lowest BCUT2D eigenvalue weighted by atomic mass is 10.1. The van der Waals surface area contributed by atoms with Crippen LogP contribution in [0.1, 0.15) is 16.1 Å². The van der Waals surface area contributed by atoms with Gasteiger partial charge < -0.3 is 10.2 Å². The summed E-state index contributed by atoms with van der Waals surface area (Å²) in [6.07, 6.45) is 0. The zero-order valence-corrected chi connectivity index (χ0v) is 9.55. The highest BCUT2D eigenvalue weighted by molar-refractivity contribution is 6.33. The van der Waals surface area contributed by atoms with Crippen LogP contribution in [0.2, 0.25) is 10.2 Å². The molecule has 0 spiro atoms. The van der Waals surface area contributed by atoms with Crippen LogP contribution in [-0.2, 0) is 0 Å². The van der Waals surface area contributed by atoms with Crippen molar-refractivity contribution in [2.45, 2.75) is 0 Å². The molecule has 0 saturated heterocycles. The van der Waals surface area contributed by atoms with Gasteiger partial charge in [-0.15, -0.1) is 0 Å². The van der Waals surface area contributed by atoms with Gasteiger partial charge in [-0.1, -0.05) is 11.6 Å². The van der Waals surface area contributed by atoms with Gasteiger partial charge in [-0.25, -0.2) is 0 Å². The summed E-state index contributed by atoms with van der Waals surface area (Å²) < 4.78 is 5.01. The SMILES string of the molecule is Nc1ccc(C(=O)c2ccc(Cl)o2)cc1Cl. The standard InChI is InChI=1S/C11H7Cl2NO2/c12-7-5-6(1-2-8(7)14)11(15)9-3-4-10(13)16-9/h1-5H,14H2. The van der Waals surface area contributed by atoms with Crippen molar-refractivity contribution < 1.29 is 9.21 Å². The van der Waals surface area contributed by atoms with Gasteiger partial charge in [0, 0.05) is 5.56 Å². The number of rotatable bonds is 2. The molecule has 16 heavy (non-hydrogen) atoms. The quantitative estimate of drug-likeness (QED) is 0.661. The second kappa shape index (κ2) is 4.20. The molecule has 2 N–H and O–H groups in total. The zero-order valence-electron chi connectivity index (χ0n) is 8.04. The highest BCUT2D eigenvalue weighted by atomic mass is 35.5. The third-order valence-electron chi connectivity index (χ3n) is 2.06. The zero-order chi connectivity index (χ0) is 11.7. The van der Waals surface area contributed by atoms with Crippen molar-refractivity contribution in [2.24, 2.45) is 0 Å². The largest absolute Gasteiger partial charge is 0.441 e. The van der Waals surface area contributed by atoms with E-state index in [0.29, 0.717) is 16.3 Å². The lowest BCUT2D eigenvalue weighted by Gasteiger charge is -2.01. The molecule has 0 atom stereocenters. The number of ketones is 1. The third-order valence-corrected chi connectivity index (χ3v) is 2.59. The number of anilines is 1. The van der Waals surface area contributed by atoms with E-state index in [1.165, 1.54) is 18.2 Å². The average Bonchev–Trinajstić information content (AvgIpc) is 2.68. The lowest BCUT2D eigenvalue weighted by Crippen LogP contribution is -2.00. The summed E-state index contributed by atoms with van der Waals surface area (Å²) in [6, 6.07) is 7.67. The summed E-state index contributed by atoms with van der Waals surface area (Å²) in [5.74, 6) is -0.111. The second-order valence-electron chi connectivity index (χ2n) is 3.17. The number of furan rings is 1. The molecule has 0 aliphatic rings. The van der Waals surface area contributed by atoms with E-state index < -0.39 is 0 Å². The predicted molar refractivity (Wildman–Crippen MR) is 63.0 cm³/mol. The molecule has 0 amide bonds. The van der Waals surface area contributed by atoms with E-state index in [-0.39, 0.29) is 16.8 Å². The smallest absolute Gasteiger partial charge is 0.228 e. The third kappa shape index (κ3) is 2.05. The predicted octanol–water partition coefficient (Wildman–Crippen LogP) is 3.40. The van der Waals surface area contributed by atoms with E-state index in [2.05, 4.69) is 0 Å². The Bertz CT molecular complexity index is 549. The second-order valence-corrected chi connectivity index (χ2v) is 3.95. The number of carbonyl (C=O) groups excluding carboxylic acids is 1. The number of nitrogen functional groups attached to an aromatic ring is 1. The van der Waals surface area contributed by atoms with Crippen LogP contribution < -0.4 is 5.73 Å². The first kappa shape index (κ1) is 11.0. The number of nitrogens with two attached hydrogens (primary N) is 1.